The molecule has 0 aliphatic heterocycles. The van der Waals surface area contributed by atoms with E-state index >= 15 is 0 Å². The maximum Gasteiger partial charge on any atom is 0.111 e. The molecule has 0 heterocycles. The van der Waals surface area contributed by atoms with Gasteiger partial charge in [-0.25, -0.2) is 0 Å². The van der Waals surface area contributed by atoms with E-state index in [1.165, 1.54) is 67.2 Å². The molecule has 0 aromatic heterocycles. The molecule has 4 N–H and O–H groups in total. The van der Waals surface area contributed by atoms with E-state index in [1.54, 1.807) is 0 Å². The molecular weight excluding hydrogens is 488 g/mol. The van der Waals surface area contributed by atoms with E-state index in [0.717, 1.165) is 50.1 Å². The van der Waals surface area contributed by atoms with Crippen LogP contribution >= 0.6 is 0 Å². The van der Waals surface area contributed by atoms with E-state index in [1.807, 2.05) is 0 Å². The van der Waals surface area contributed by atoms with Gasteiger partial charge < -0.3 is 10.8 Å². The van der Waals surface area contributed by atoms with Crippen LogP contribution in [0.4, 0.5) is 0 Å². The van der Waals surface area contributed by atoms with Crippen molar-refractivity contribution in [3.8, 4) is 0 Å². The van der Waals surface area contributed by atoms with Crippen molar-refractivity contribution in [1.29, 1.82) is 0 Å². The van der Waals surface area contributed by atoms with Crippen LogP contribution in [0.3, 0.4) is 0 Å². The Labute approximate surface area is 247 Å². The number of hydrogen-bond donors (Lipinski definition) is 3. The van der Waals surface area contributed by atoms with Crippen molar-refractivity contribution in [2.24, 2.45) is 28.9 Å². The van der Waals surface area contributed by atoms with E-state index in [9.17, 15) is 5.11 Å². The zero-order chi connectivity index (χ0) is 29.3. The first-order valence-corrected chi connectivity index (χ1v) is 16.8. The molecule has 3 rings (SSSR count). The van der Waals surface area contributed by atoms with Gasteiger partial charge >= 0.3 is 0 Å². The first-order valence-electron chi connectivity index (χ1n) is 16.8. The third-order valence-electron chi connectivity index (χ3n) is 9.95. The Morgan fingerprint density at radius 1 is 1.00 bits per heavy atom. The second kappa shape index (κ2) is 15.6. The number of nitrogens with two attached hydrogens (primary N) is 1. The third kappa shape index (κ3) is 8.96. The summed E-state index contributed by atoms with van der Waals surface area (Å²) in [6.45, 7) is 15.9. The summed E-state index contributed by atoms with van der Waals surface area (Å²) < 4.78 is 0. The molecule has 3 nitrogen and oxygen atoms in total. The standard InChI is InChI=1S/C37H62N2O/c1-8-13-27(14-9-2)16-11-12-17-29(15-10-3)36(40)39-32-22-20-28(21-23-32)34-26(4)18-19-30-24-31(37(5,6)7)25-33(38)35(30)34/h10,15,18-19,25,27-29,31-32,36,39-40H,8-9,11-14,16-17,20-24,38H2,1-7H3/b15-10-. The summed E-state index contributed by atoms with van der Waals surface area (Å²) >= 11 is 0. The predicted molar refractivity (Wildman–Crippen MR) is 174 cm³/mol. The number of benzene rings is 1. The Kier molecular flexibility index (Phi) is 12.8. The van der Waals surface area contributed by atoms with Gasteiger partial charge in [-0.05, 0) is 92.2 Å². The van der Waals surface area contributed by atoms with E-state index in [4.69, 9.17) is 5.73 Å². The third-order valence-corrected chi connectivity index (χ3v) is 9.95. The molecular formula is C37H62N2O. The Morgan fingerprint density at radius 2 is 1.65 bits per heavy atom. The normalized spacial score (nSPS) is 23.3. The van der Waals surface area contributed by atoms with Crippen LogP contribution in [0, 0.1) is 30.1 Å². The molecule has 0 saturated heterocycles. The van der Waals surface area contributed by atoms with Crippen molar-refractivity contribution in [3.63, 3.8) is 0 Å². The van der Waals surface area contributed by atoms with Crippen LogP contribution < -0.4 is 11.1 Å². The second-order valence-corrected chi connectivity index (χ2v) is 14.2. The summed E-state index contributed by atoms with van der Waals surface area (Å²) in [5.74, 6) is 2.12. The maximum atomic E-state index is 11.2. The van der Waals surface area contributed by atoms with Crippen molar-refractivity contribution in [2.75, 3.05) is 0 Å². The molecule has 2 aliphatic rings. The number of hydrogen-bond acceptors (Lipinski definition) is 3. The van der Waals surface area contributed by atoms with Gasteiger partial charge in [0.2, 0.25) is 0 Å². The van der Waals surface area contributed by atoms with Crippen molar-refractivity contribution < 1.29 is 5.11 Å². The molecule has 0 spiro atoms. The summed E-state index contributed by atoms with van der Waals surface area (Å²) in [5, 5.41) is 14.8. The van der Waals surface area contributed by atoms with Gasteiger partial charge in [0, 0.05) is 23.2 Å². The number of aliphatic hydroxyl groups excluding tert-OH is 1. The molecule has 1 aromatic rings. The van der Waals surface area contributed by atoms with Gasteiger partial charge in [-0.2, -0.15) is 0 Å². The van der Waals surface area contributed by atoms with E-state index in [-0.39, 0.29) is 11.3 Å². The highest BCUT2D eigenvalue weighted by Gasteiger charge is 2.33. The zero-order valence-electron chi connectivity index (χ0n) is 27.1. The number of allylic oxidation sites excluding steroid dienone is 2. The first kappa shape index (κ1) is 32.9. The molecule has 3 heteroatoms. The van der Waals surface area contributed by atoms with Gasteiger partial charge in [-0.1, -0.05) is 110 Å². The lowest BCUT2D eigenvalue weighted by atomic mass is 9.70. The van der Waals surface area contributed by atoms with Crippen LogP contribution in [-0.4, -0.2) is 17.4 Å². The zero-order valence-corrected chi connectivity index (χ0v) is 27.1. The van der Waals surface area contributed by atoms with Crippen LogP contribution in [0.1, 0.15) is 147 Å². The fraction of sp³-hybridized carbons (Fsp3) is 0.730. The lowest BCUT2D eigenvalue weighted by molar-refractivity contribution is 0.0693. The van der Waals surface area contributed by atoms with E-state index in [0.29, 0.717) is 17.9 Å². The Bertz CT molecular complexity index is 957. The summed E-state index contributed by atoms with van der Waals surface area (Å²) in [5.41, 5.74) is 13.6. The fourth-order valence-electron chi connectivity index (χ4n) is 7.54. The minimum Gasteiger partial charge on any atom is -0.398 e. The van der Waals surface area contributed by atoms with Crippen LogP contribution in [0.2, 0.25) is 0 Å². The monoisotopic (exact) mass is 550 g/mol. The maximum absolute atomic E-state index is 11.2. The molecule has 226 valence electrons. The molecule has 1 fully saturated rings. The smallest absolute Gasteiger partial charge is 0.111 e. The Balaban J connectivity index is 1.56. The highest BCUT2D eigenvalue weighted by molar-refractivity contribution is 5.72. The lowest BCUT2D eigenvalue weighted by Crippen LogP contribution is -2.44. The SMILES string of the molecule is C/C=C\C(CCCCC(CCC)CCC)C(O)NC1CCC(c2c(C)ccc3c2C(N)=CC(C(C)(C)C)C3)CC1. The highest BCUT2D eigenvalue weighted by Crippen LogP contribution is 2.44. The Hall–Kier alpha value is -1.58. The average molecular weight is 551 g/mol. The Morgan fingerprint density at radius 3 is 2.25 bits per heavy atom. The molecule has 2 aliphatic carbocycles. The number of nitrogens with one attached hydrogen (secondary N) is 1. The number of unbranched alkanes of at least 4 members (excludes halogenated alkanes) is 1. The quantitative estimate of drug-likeness (QED) is 0.123. The van der Waals surface area contributed by atoms with Crippen molar-refractivity contribution in [1.82, 2.24) is 5.32 Å². The summed E-state index contributed by atoms with van der Waals surface area (Å²) in [6.07, 6.45) is 22.0. The van der Waals surface area contributed by atoms with Crippen molar-refractivity contribution in [2.45, 2.75) is 150 Å². The van der Waals surface area contributed by atoms with E-state index < -0.39 is 6.23 Å². The van der Waals surface area contributed by atoms with Crippen LogP contribution in [0.25, 0.3) is 5.70 Å². The van der Waals surface area contributed by atoms with Crippen LogP contribution in [0.15, 0.2) is 30.4 Å². The number of aliphatic hydroxyl groups is 1. The molecule has 0 bridgehead atoms. The highest BCUT2D eigenvalue weighted by atomic mass is 16.3. The number of fused-ring (bicyclic) bond motifs is 1. The second-order valence-electron chi connectivity index (χ2n) is 14.2. The molecule has 1 saturated carbocycles. The van der Waals surface area contributed by atoms with Gasteiger partial charge in [-0.15, -0.1) is 0 Å². The average Bonchev–Trinajstić information content (AvgIpc) is 2.90. The summed E-state index contributed by atoms with van der Waals surface area (Å²) in [7, 11) is 0. The van der Waals surface area contributed by atoms with Crippen LogP contribution in [-0.2, 0) is 6.42 Å². The largest absolute Gasteiger partial charge is 0.398 e. The van der Waals surface area contributed by atoms with Gasteiger partial charge in [-0.3, -0.25) is 5.32 Å². The fourth-order valence-corrected chi connectivity index (χ4v) is 7.54. The minimum atomic E-state index is -0.459. The van der Waals surface area contributed by atoms with Gasteiger partial charge in [0.25, 0.3) is 0 Å². The molecule has 1 aromatic carbocycles. The van der Waals surface area contributed by atoms with Gasteiger partial charge in [0.15, 0.2) is 0 Å². The molecule has 0 amide bonds. The van der Waals surface area contributed by atoms with Gasteiger partial charge in [0.1, 0.15) is 6.23 Å². The topological polar surface area (TPSA) is 58.3 Å². The molecule has 3 atom stereocenters. The number of aryl methyl sites for hydroxylation is 1. The number of rotatable bonds is 14. The molecule has 3 unspecified atom stereocenters. The van der Waals surface area contributed by atoms with Crippen LogP contribution in [0.5, 0.6) is 0 Å². The minimum absolute atomic E-state index is 0.197. The lowest BCUT2D eigenvalue weighted by Gasteiger charge is -2.37. The first-order chi connectivity index (χ1) is 19.1. The van der Waals surface area contributed by atoms with Gasteiger partial charge in [0.05, 0.1) is 0 Å². The summed E-state index contributed by atoms with van der Waals surface area (Å²) in [6, 6.07) is 5.04. The molecule has 0 radical (unpaired) electrons. The predicted octanol–water partition coefficient (Wildman–Crippen LogP) is 9.42. The van der Waals surface area contributed by atoms with E-state index in [2.05, 4.69) is 84.1 Å². The summed E-state index contributed by atoms with van der Waals surface area (Å²) in [4.78, 5) is 0. The molecule has 40 heavy (non-hydrogen) atoms. The van der Waals surface area contributed by atoms with Crippen molar-refractivity contribution in [3.05, 3.63) is 52.6 Å². The van der Waals surface area contributed by atoms with Crippen molar-refractivity contribution >= 4 is 5.70 Å².